The Bertz CT molecular complexity index is 601. The molecule has 0 fully saturated rings. The van der Waals surface area contributed by atoms with Crippen molar-refractivity contribution in [2.45, 2.75) is 32.7 Å². The maximum absolute atomic E-state index is 11.2. The van der Waals surface area contributed by atoms with Crippen LogP contribution in [0.4, 0.5) is 0 Å². The highest BCUT2D eigenvalue weighted by atomic mass is 79.9. The Morgan fingerprint density at radius 2 is 2.00 bits per heavy atom. The molecular formula is C14H16BrNO2. The second-order valence-electron chi connectivity index (χ2n) is 4.81. The Morgan fingerprint density at radius 3 is 2.56 bits per heavy atom. The van der Waals surface area contributed by atoms with Crippen molar-refractivity contribution in [3.8, 4) is 0 Å². The van der Waals surface area contributed by atoms with E-state index in [4.69, 9.17) is 0 Å². The first-order valence-corrected chi connectivity index (χ1v) is 6.74. The first-order chi connectivity index (χ1) is 8.41. The summed E-state index contributed by atoms with van der Waals surface area (Å²) in [5.74, 6) is -1.29. The van der Waals surface area contributed by atoms with Crippen molar-refractivity contribution in [3.63, 3.8) is 0 Å². The number of fused-ring (bicyclic) bond motifs is 1. The van der Waals surface area contributed by atoms with E-state index in [-0.39, 0.29) is 0 Å². The summed E-state index contributed by atoms with van der Waals surface area (Å²) < 4.78 is 3.09. The molecule has 1 aromatic carbocycles. The number of rotatable bonds is 3. The fourth-order valence-corrected chi connectivity index (χ4v) is 2.52. The standard InChI is InChI=1S/C14H16BrNO2/c1-8(2)16-7-12(9(3)14(17)18)11-6-10(15)4-5-13(11)16/h4-9H,1-3H3,(H,17,18). The Kier molecular flexibility index (Phi) is 3.48. The topological polar surface area (TPSA) is 42.2 Å². The molecule has 1 aromatic heterocycles. The zero-order chi connectivity index (χ0) is 13.4. The van der Waals surface area contributed by atoms with Gasteiger partial charge in [0.2, 0.25) is 0 Å². The van der Waals surface area contributed by atoms with E-state index in [2.05, 4.69) is 34.3 Å². The van der Waals surface area contributed by atoms with Gasteiger partial charge in [0.1, 0.15) is 0 Å². The van der Waals surface area contributed by atoms with Gasteiger partial charge in [-0.15, -0.1) is 0 Å². The molecule has 18 heavy (non-hydrogen) atoms. The molecule has 2 rings (SSSR count). The lowest BCUT2D eigenvalue weighted by atomic mass is 10.0. The van der Waals surface area contributed by atoms with Crippen LogP contribution in [-0.2, 0) is 4.79 Å². The van der Waals surface area contributed by atoms with Gasteiger partial charge >= 0.3 is 5.97 Å². The molecule has 96 valence electrons. The predicted octanol–water partition coefficient (Wildman–Crippen LogP) is 4.17. The van der Waals surface area contributed by atoms with Crippen LogP contribution < -0.4 is 0 Å². The van der Waals surface area contributed by atoms with E-state index >= 15 is 0 Å². The van der Waals surface area contributed by atoms with Crippen LogP contribution >= 0.6 is 15.9 Å². The van der Waals surface area contributed by atoms with Gasteiger partial charge < -0.3 is 9.67 Å². The van der Waals surface area contributed by atoms with Gasteiger partial charge in [0.05, 0.1) is 5.92 Å². The number of hydrogen-bond donors (Lipinski definition) is 1. The van der Waals surface area contributed by atoms with E-state index in [0.29, 0.717) is 6.04 Å². The second-order valence-corrected chi connectivity index (χ2v) is 5.72. The third-order valence-corrected chi connectivity index (χ3v) is 3.71. The molecule has 1 unspecified atom stereocenters. The molecule has 0 amide bonds. The highest BCUT2D eigenvalue weighted by Crippen LogP contribution is 2.32. The van der Waals surface area contributed by atoms with Gasteiger partial charge in [0, 0.05) is 27.6 Å². The molecule has 4 heteroatoms. The van der Waals surface area contributed by atoms with Crippen LogP contribution in [0.25, 0.3) is 10.9 Å². The van der Waals surface area contributed by atoms with Crippen LogP contribution in [-0.4, -0.2) is 15.6 Å². The van der Waals surface area contributed by atoms with E-state index in [1.165, 1.54) is 0 Å². The lowest BCUT2D eigenvalue weighted by Crippen LogP contribution is -2.07. The first kappa shape index (κ1) is 13.1. The smallest absolute Gasteiger partial charge is 0.310 e. The minimum Gasteiger partial charge on any atom is -0.481 e. The largest absolute Gasteiger partial charge is 0.481 e. The van der Waals surface area contributed by atoms with E-state index in [0.717, 1.165) is 20.9 Å². The molecule has 2 aromatic rings. The van der Waals surface area contributed by atoms with Gasteiger partial charge in [-0.1, -0.05) is 15.9 Å². The van der Waals surface area contributed by atoms with Crippen molar-refractivity contribution < 1.29 is 9.90 Å². The molecule has 1 N–H and O–H groups in total. The van der Waals surface area contributed by atoms with Gasteiger partial charge in [0.15, 0.2) is 0 Å². The summed E-state index contributed by atoms with van der Waals surface area (Å²) in [6.07, 6.45) is 1.96. The summed E-state index contributed by atoms with van der Waals surface area (Å²) in [6, 6.07) is 6.31. The summed E-state index contributed by atoms with van der Waals surface area (Å²) in [7, 11) is 0. The number of halogens is 1. The van der Waals surface area contributed by atoms with Gasteiger partial charge in [0.25, 0.3) is 0 Å². The third-order valence-electron chi connectivity index (χ3n) is 3.22. The van der Waals surface area contributed by atoms with Crippen molar-refractivity contribution in [1.29, 1.82) is 0 Å². The Balaban J connectivity index is 2.73. The van der Waals surface area contributed by atoms with Crippen molar-refractivity contribution in [1.82, 2.24) is 4.57 Å². The number of hydrogen-bond acceptors (Lipinski definition) is 1. The van der Waals surface area contributed by atoms with Gasteiger partial charge in [-0.25, -0.2) is 0 Å². The van der Waals surface area contributed by atoms with Crippen molar-refractivity contribution in [3.05, 3.63) is 34.4 Å². The van der Waals surface area contributed by atoms with Crippen LogP contribution in [0.1, 0.15) is 38.3 Å². The third kappa shape index (κ3) is 2.17. The predicted molar refractivity (Wildman–Crippen MR) is 76.1 cm³/mol. The molecule has 1 atom stereocenters. The van der Waals surface area contributed by atoms with Gasteiger partial charge in [-0.05, 0) is 44.5 Å². The SMILES string of the molecule is CC(C(=O)O)c1cn(C(C)C)c2ccc(Br)cc12. The van der Waals surface area contributed by atoms with Gasteiger partial charge in [-0.3, -0.25) is 4.79 Å². The molecule has 0 saturated carbocycles. The summed E-state index contributed by atoms with van der Waals surface area (Å²) in [5, 5.41) is 10.2. The average molecular weight is 310 g/mol. The van der Waals surface area contributed by atoms with Gasteiger partial charge in [-0.2, -0.15) is 0 Å². The number of aliphatic carboxylic acids is 1. The Labute approximate surface area is 115 Å². The monoisotopic (exact) mass is 309 g/mol. The van der Waals surface area contributed by atoms with Crippen molar-refractivity contribution >= 4 is 32.8 Å². The fraction of sp³-hybridized carbons (Fsp3) is 0.357. The zero-order valence-corrected chi connectivity index (χ0v) is 12.2. The first-order valence-electron chi connectivity index (χ1n) is 5.94. The minimum absolute atomic E-state index is 0.309. The summed E-state index contributed by atoms with van der Waals surface area (Å²) >= 11 is 3.44. The molecule has 0 aliphatic carbocycles. The number of carboxylic acid groups (broad SMARTS) is 1. The quantitative estimate of drug-likeness (QED) is 0.924. The van der Waals surface area contributed by atoms with E-state index in [9.17, 15) is 9.90 Å². The summed E-state index contributed by atoms with van der Waals surface area (Å²) in [5.41, 5.74) is 1.95. The lowest BCUT2D eigenvalue weighted by molar-refractivity contribution is -0.138. The number of carbonyl (C=O) groups is 1. The normalized spacial score (nSPS) is 13.2. The molecule has 0 saturated heterocycles. The van der Waals surface area contributed by atoms with E-state index < -0.39 is 11.9 Å². The maximum atomic E-state index is 11.2. The molecule has 0 aliphatic rings. The highest BCUT2D eigenvalue weighted by molar-refractivity contribution is 9.10. The molecule has 1 heterocycles. The summed E-state index contributed by atoms with van der Waals surface area (Å²) in [6.45, 7) is 5.91. The van der Waals surface area contributed by atoms with E-state index in [1.807, 2.05) is 24.4 Å². The molecule has 3 nitrogen and oxygen atoms in total. The zero-order valence-electron chi connectivity index (χ0n) is 10.6. The van der Waals surface area contributed by atoms with E-state index in [1.54, 1.807) is 6.92 Å². The minimum atomic E-state index is -0.794. The number of benzene rings is 1. The number of aromatic nitrogens is 1. The summed E-state index contributed by atoms with van der Waals surface area (Å²) in [4.78, 5) is 11.2. The van der Waals surface area contributed by atoms with Crippen molar-refractivity contribution in [2.24, 2.45) is 0 Å². The molecule has 0 aliphatic heterocycles. The van der Waals surface area contributed by atoms with Crippen LogP contribution in [0.2, 0.25) is 0 Å². The average Bonchev–Trinajstić information content (AvgIpc) is 2.66. The fourth-order valence-electron chi connectivity index (χ4n) is 2.16. The number of carboxylic acids is 1. The second kappa shape index (κ2) is 4.76. The highest BCUT2D eigenvalue weighted by Gasteiger charge is 2.20. The Morgan fingerprint density at radius 1 is 1.33 bits per heavy atom. The molecule has 0 bridgehead atoms. The lowest BCUT2D eigenvalue weighted by Gasteiger charge is -2.08. The van der Waals surface area contributed by atoms with Crippen LogP contribution in [0.5, 0.6) is 0 Å². The van der Waals surface area contributed by atoms with Crippen LogP contribution in [0.3, 0.4) is 0 Å². The Hall–Kier alpha value is -1.29. The molecule has 0 radical (unpaired) electrons. The molecule has 0 spiro atoms. The van der Waals surface area contributed by atoms with Crippen molar-refractivity contribution in [2.75, 3.05) is 0 Å². The maximum Gasteiger partial charge on any atom is 0.310 e. The molecular weight excluding hydrogens is 294 g/mol. The van der Waals surface area contributed by atoms with Crippen LogP contribution in [0, 0.1) is 0 Å². The number of nitrogens with zero attached hydrogens (tertiary/aromatic N) is 1. The van der Waals surface area contributed by atoms with Crippen LogP contribution in [0.15, 0.2) is 28.9 Å².